The van der Waals surface area contributed by atoms with Crippen molar-refractivity contribution in [2.24, 2.45) is 0 Å². The van der Waals surface area contributed by atoms with Gasteiger partial charge in [0, 0.05) is 15.5 Å². The summed E-state index contributed by atoms with van der Waals surface area (Å²) in [6.07, 6.45) is 2.24. The van der Waals surface area contributed by atoms with Crippen LogP contribution in [0.3, 0.4) is 0 Å². The zero-order chi connectivity index (χ0) is 13.4. The van der Waals surface area contributed by atoms with Gasteiger partial charge in [0.1, 0.15) is 0 Å². The van der Waals surface area contributed by atoms with Gasteiger partial charge < -0.3 is 5.11 Å². The van der Waals surface area contributed by atoms with Gasteiger partial charge >= 0.3 is 0 Å². The van der Waals surface area contributed by atoms with Crippen molar-refractivity contribution >= 4 is 41.9 Å². The number of halogens is 2. The smallest absolute Gasteiger partial charge is 0.241 e. The summed E-state index contributed by atoms with van der Waals surface area (Å²) in [7, 11) is -3.61. The minimum absolute atomic E-state index is 0.0638. The highest BCUT2D eigenvalue weighted by atomic mass is 79.9. The van der Waals surface area contributed by atoms with Crippen molar-refractivity contribution in [1.29, 1.82) is 0 Å². The average molecular weight is 399 g/mol. The topological polar surface area (TPSA) is 66.4 Å². The molecule has 0 heterocycles. The predicted molar refractivity (Wildman–Crippen MR) is 75.8 cm³/mol. The summed E-state index contributed by atoms with van der Waals surface area (Å²) < 4.78 is 27.9. The Kier molecular flexibility index (Phi) is 4.18. The lowest BCUT2D eigenvalue weighted by Crippen LogP contribution is -2.47. The Morgan fingerprint density at radius 1 is 1.33 bits per heavy atom. The first kappa shape index (κ1) is 14.5. The quantitative estimate of drug-likeness (QED) is 0.818. The van der Waals surface area contributed by atoms with Crippen LogP contribution in [0.25, 0.3) is 0 Å². The van der Waals surface area contributed by atoms with E-state index < -0.39 is 15.6 Å². The zero-order valence-corrected chi connectivity index (χ0v) is 13.5. The number of hydrogen-bond acceptors (Lipinski definition) is 3. The third kappa shape index (κ3) is 3.14. The molecule has 1 aromatic rings. The van der Waals surface area contributed by atoms with Crippen LogP contribution in [0.15, 0.2) is 32.0 Å². The van der Waals surface area contributed by atoms with Crippen LogP contribution in [0.2, 0.25) is 0 Å². The monoisotopic (exact) mass is 397 g/mol. The zero-order valence-electron chi connectivity index (χ0n) is 9.49. The van der Waals surface area contributed by atoms with Gasteiger partial charge in [-0.2, -0.15) is 0 Å². The lowest BCUT2D eigenvalue weighted by Gasteiger charge is -2.36. The molecule has 1 aliphatic rings. The van der Waals surface area contributed by atoms with Gasteiger partial charge in [-0.15, -0.1) is 0 Å². The minimum Gasteiger partial charge on any atom is -0.389 e. The molecule has 4 nitrogen and oxygen atoms in total. The fourth-order valence-electron chi connectivity index (χ4n) is 1.75. The summed E-state index contributed by atoms with van der Waals surface area (Å²) in [4.78, 5) is 0.166. The van der Waals surface area contributed by atoms with E-state index in [0.717, 1.165) is 6.42 Å². The highest BCUT2D eigenvalue weighted by molar-refractivity contribution is 9.11. The van der Waals surface area contributed by atoms with Crippen LogP contribution in [-0.2, 0) is 10.0 Å². The van der Waals surface area contributed by atoms with E-state index in [9.17, 15) is 13.5 Å². The van der Waals surface area contributed by atoms with E-state index in [1.807, 2.05) is 0 Å². The van der Waals surface area contributed by atoms with Crippen LogP contribution in [0.4, 0.5) is 0 Å². The summed E-state index contributed by atoms with van der Waals surface area (Å²) in [5.41, 5.74) is -0.869. The number of rotatable bonds is 4. The summed E-state index contributed by atoms with van der Waals surface area (Å²) >= 11 is 6.46. The molecule has 1 saturated carbocycles. The first-order chi connectivity index (χ1) is 8.32. The first-order valence-electron chi connectivity index (χ1n) is 5.50. The van der Waals surface area contributed by atoms with Crippen LogP contribution < -0.4 is 4.72 Å². The highest BCUT2D eigenvalue weighted by Crippen LogP contribution is 2.31. The molecule has 0 bridgehead atoms. The molecule has 0 aromatic heterocycles. The maximum atomic E-state index is 12.1. The predicted octanol–water partition coefficient (Wildman–Crippen LogP) is 2.40. The number of hydrogen-bond donors (Lipinski definition) is 2. The molecule has 1 fully saturated rings. The van der Waals surface area contributed by atoms with Crippen LogP contribution >= 0.6 is 31.9 Å². The van der Waals surface area contributed by atoms with Gasteiger partial charge in [0.15, 0.2) is 0 Å². The fraction of sp³-hybridized carbons (Fsp3) is 0.455. The van der Waals surface area contributed by atoms with E-state index in [0.29, 0.717) is 21.8 Å². The third-order valence-electron chi connectivity index (χ3n) is 3.06. The van der Waals surface area contributed by atoms with Gasteiger partial charge in [-0.05, 0) is 53.4 Å². The molecular formula is C11H13Br2NO3S. The molecule has 0 unspecified atom stereocenters. The molecule has 2 N–H and O–H groups in total. The van der Waals surface area contributed by atoms with Crippen LogP contribution in [0.5, 0.6) is 0 Å². The molecule has 0 saturated heterocycles. The van der Waals surface area contributed by atoms with Crippen molar-refractivity contribution in [2.75, 3.05) is 6.54 Å². The van der Waals surface area contributed by atoms with E-state index in [1.54, 1.807) is 12.1 Å². The van der Waals surface area contributed by atoms with Gasteiger partial charge in [-0.3, -0.25) is 0 Å². The van der Waals surface area contributed by atoms with E-state index in [1.165, 1.54) is 6.07 Å². The molecular weight excluding hydrogens is 386 g/mol. The molecule has 100 valence electrons. The molecule has 0 spiro atoms. The van der Waals surface area contributed by atoms with Crippen molar-refractivity contribution in [3.05, 3.63) is 27.1 Å². The number of nitrogens with one attached hydrogen (secondary N) is 1. The number of benzene rings is 1. The Morgan fingerprint density at radius 3 is 2.56 bits per heavy atom. The van der Waals surface area contributed by atoms with E-state index in [-0.39, 0.29) is 11.4 Å². The van der Waals surface area contributed by atoms with Crippen LogP contribution in [0.1, 0.15) is 19.3 Å². The summed E-state index contributed by atoms with van der Waals surface area (Å²) in [5.74, 6) is 0. The van der Waals surface area contributed by atoms with Gasteiger partial charge in [0.2, 0.25) is 10.0 Å². The van der Waals surface area contributed by atoms with E-state index >= 15 is 0 Å². The van der Waals surface area contributed by atoms with Crippen molar-refractivity contribution in [2.45, 2.75) is 29.8 Å². The molecule has 1 aliphatic carbocycles. The van der Waals surface area contributed by atoms with Gasteiger partial charge in [0.25, 0.3) is 0 Å². The maximum absolute atomic E-state index is 12.1. The van der Waals surface area contributed by atoms with Crippen molar-refractivity contribution in [1.82, 2.24) is 4.72 Å². The Hall–Kier alpha value is 0.0500. The van der Waals surface area contributed by atoms with Gasteiger partial charge in [-0.25, -0.2) is 13.1 Å². The second-order valence-electron chi connectivity index (χ2n) is 4.48. The molecule has 7 heteroatoms. The molecule has 1 aromatic carbocycles. The van der Waals surface area contributed by atoms with Crippen LogP contribution in [0, 0.1) is 0 Å². The van der Waals surface area contributed by atoms with Crippen molar-refractivity contribution in [3.63, 3.8) is 0 Å². The first-order valence-corrected chi connectivity index (χ1v) is 8.56. The largest absolute Gasteiger partial charge is 0.389 e. The second-order valence-corrected chi connectivity index (χ2v) is 7.98. The molecule has 0 amide bonds. The van der Waals surface area contributed by atoms with E-state index in [2.05, 4.69) is 36.6 Å². The summed E-state index contributed by atoms with van der Waals surface area (Å²) in [6, 6.07) is 4.94. The van der Waals surface area contributed by atoms with E-state index in [4.69, 9.17) is 0 Å². The highest BCUT2D eigenvalue weighted by Gasteiger charge is 2.35. The van der Waals surface area contributed by atoms with Gasteiger partial charge in [0.05, 0.1) is 10.5 Å². The minimum atomic E-state index is -3.61. The van der Waals surface area contributed by atoms with Crippen molar-refractivity contribution in [3.8, 4) is 0 Å². The average Bonchev–Trinajstić information content (AvgIpc) is 2.27. The van der Waals surface area contributed by atoms with Crippen LogP contribution in [-0.4, -0.2) is 25.7 Å². The Bertz CT molecular complexity index is 555. The Morgan fingerprint density at radius 2 is 2.00 bits per heavy atom. The standard InChI is InChI=1S/C11H13Br2NO3S/c12-8-2-3-9(13)10(6-8)18(16,17)14-7-11(15)4-1-5-11/h2-3,6,14-15H,1,4-5,7H2. The molecule has 0 radical (unpaired) electrons. The lowest BCUT2D eigenvalue weighted by molar-refractivity contribution is -0.0270. The maximum Gasteiger partial charge on any atom is 0.241 e. The molecule has 0 atom stereocenters. The lowest BCUT2D eigenvalue weighted by atomic mass is 9.81. The van der Waals surface area contributed by atoms with Crippen molar-refractivity contribution < 1.29 is 13.5 Å². The van der Waals surface area contributed by atoms with Gasteiger partial charge in [-0.1, -0.05) is 15.9 Å². The Labute approximate surface area is 123 Å². The normalized spacial score (nSPS) is 18.4. The Balaban J connectivity index is 2.17. The number of aliphatic hydroxyl groups is 1. The molecule has 18 heavy (non-hydrogen) atoms. The summed E-state index contributed by atoms with van der Waals surface area (Å²) in [5, 5.41) is 9.90. The summed E-state index contributed by atoms with van der Waals surface area (Å²) in [6.45, 7) is 0.0638. The number of sulfonamides is 1. The molecule has 2 rings (SSSR count). The third-order valence-corrected chi connectivity index (χ3v) is 5.95. The SMILES string of the molecule is O=S(=O)(NCC1(O)CCC1)c1cc(Br)ccc1Br. The fourth-order valence-corrected chi connectivity index (χ4v) is 4.37. The molecule has 0 aliphatic heterocycles. The second kappa shape index (κ2) is 5.20.